The summed E-state index contributed by atoms with van der Waals surface area (Å²) in [6, 6.07) is 21.5. The zero-order valence-electron chi connectivity index (χ0n) is 20.8. The quantitative estimate of drug-likeness (QED) is 0.328. The number of hydrogen-bond donors (Lipinski definition) is 1. The van der Waals surface area contributed by atoms with E-state index < -0.39 is 6.04 Å². The van der Waals surface area contributed by atoms with Crippen LogP contribution in [0.15, 0.2) is 72.8 Å². The molecule has 0 heterocycles. The summed E-state index contributed by atoms with van der Waals surface area (Å²) < 4.78 is 5.23. The summed E-state index contributed by atoms with van der Waals surface area (Å²) in [6.07, 6.45) is 1.30. The molecule has 0 spiro atoms. The Labute approximate surface area is 223 Å². The van der Waals surface area contributed by atoms with Crippen LogP contribution in [0.5, 0.6) is 5.75 Å². The van der Waals surface area contributed by atoms with Crippen molar-refractivity contribution in [3.8, 4) is 5.75 Å². The van der Waals surface area contributed by atoms with Gasteiger partial charge in [-0.15, -0.1) is 0 Å². The van der Waals surface area contributed by atoms with Gasteiger partial charge < -0.3 is 15.0 Å². The van der Waals surface area contributed by atoms with Crippen LogP contribution in [0.3, 0.4) is 0 Å². The predicted octanol–water partition coefficient (Wildman–Crippen LogP) is 6.10. The van der Waals surface area contributed by atoms with Crippen LogP contribution in [0, 0.1) is 0 Å². The first-order chi connectivity index (χ1) is 17.3. The maximum absolute atomic E-state index is 13.8. The third-order valence-electron chi connectivity index (χ3n) is 6.14. The van der Waals surface area contributed by atoms with Crippen molar-refractivity contribution in [2.45, 2.75) is 51.7 Å². The van der Waals surface area contributed by atoms with E-state index in [1.54, 1.807) is 30.2 Å². The third kappa shape index (κ3) is 7.74. The Balaban J connectivity index is 1.98. The van der Waals surface area contributed by atoms with E-state index in [0.717, 1.165) is 23.1 Å². The van der Waals surface area contributed by atoms with Gasteiger partial charge in [-0.25, -0.2) is 0 Å². The lowest BCUT2D eigenvalue weighted by Crippen LogP contribution is -2.52. The van der Waals surface area contributed by atoms with E-state index in [9.17, 15) is 9.59 Å². The van der Waals surface area contributed by atoms with Crippen molar-refractivity contribution in [3.63, 3.8) is 0 Å². The number of hydrogen-bond acceptors (Lipinski definition) is 3. The molecule has 0 fully saturated rings. The molecule has 5 nitrogen and oxygen atoms in total. The minimum absolute atomic E-state index is 0.0200. The molecule has 0 aliphatic carbocycles. The summed E-state index contributed by atoms with van der Waals surface area (Å²) in [5.41, 5.74) is 2.51. The van der Waals surface area contributed by atoms with Crippen LogP contribution in [-0.2, 0) is 29.0 Å². The van der Waals surface area contributed by atoms with Gasteiger partial charge in [-0.2, -0.15) is 0 Å². The van der Waals surface area contributed by atoms with Crippen molar-refractivity contribution in [1.29, 1.82) is 0 Å². The molecule has 0 saturated heterocycles. The highest BCUT2D eigenvalue weighted by Crippen LogP contribution is 2.25. The summed E-state index contributed by atoms with van der Waals surface area (Å²) in [4.78, 5) is 29.0. The average molecular weight is 527 g/mol. The topological polar surface area (TPSA) is 58.6 Å². The van der Waals surface area contributed by atoms with Crippen molar-refractivity contribution < 1.29 is 14.3 Å². The average Bonchev–Trinajstić information content (AvgIpc) is 2.88. The smallest absolute Gasteiger partial charge is 0.243 e. The first kappa shape index (κ1) is 27.6. The molecule has 2 atom stereocenters. The van der Waals surface area contributed by atoms with Gasteiger partial charge in [-0.1, -0.05) is 78.7 Å². The second kappa shape index (κ2) is 13.3. The minimum atomic E-state index is -0.723. The second-order valence-electron chi connectivity index (χ2n) is 8.81. The number of ether oxygens (including phenoxy) is 1. The van der Waals surface area contributed by atoms with E-state index in [1.807, 2.05) is 68.4 Å². The van der Waals surface area contributed by atoms with Gasteiger partial charge in [0.15, 0.2) is 0 Å². The van der Waals surface area contributed by atoms with E-state index in [2.05, 4.69) is 5.32 Å². The molecule has 7 heteroatoms. The monoisotopic (exact) mass is 526 g/mol. The fraction of sp³-hybridized carbons (Fsp3) is 0.310. The molecule has 0 radical (unpaired) electrons. The van der Waals surface area contributed by atoms with Crippen LogP contribution >= 0.6 is 23.2 Å². The SMILES string of the molecule is CC[C@@H](C)NC(=O)[C@@H](Cc1ccccc1)N(Cc1ccc(Cl)cc1Cl)C(=O)Cc1ccc(OC)cc1. The lowest BCUT2D eigenvalue weighted by molar-refractivity contribution is -0.141. The Morgan fingerprint density at radius 1 is 0.972 bits per heavy atom. The van der Waals surface area contributed by atoms with Crippen LogP contribution in [0.2, 0.25) is 10.0 Å². The first-order valence-corrected chi connectivity index (χ1v) is 12.8. The number of carbonyl (C=O) groups excluding carboxylic acids is 2. The van der Waals surface area contributed by atoms with E-state index in [4.69, 9.17) is 27.9 Å². The Morgan fingerprint density at radius 3 is 2.28 bits per heavy atom. The molecule has 1 N–H and O–H groups in total. The van der Waals surface area contributed by atoms with E-state index in [0.29, 0.717) is 22.2 Å². The van der Waals surface area contributed by atoms with Crippen LogP contribution in [-0.4, -0.2) is 35.9 Å². The normalized spacial score (nSPS) is 12.5. The van der Waals surface area contributed by atoms with Crippen LogP contribution in [0.25, 0.3) is 0 Å². The lowest BCUT2D eigenvalue weighted by atomic mass is 10.0. The molecule has 3 rings (SSSR count). The molecule has 190 valence electrons. The molecule has 0 saturated carbocycles. The zero-order chi connectivity index (χ0) is 26.1. The van der Waals surface area contributed by atoms with E-state index >= 15 is 0 Å². The zero-order valence-corrected chi connectivity index (χ0v) is 22.4. The standard InChI is InChI=1S/C29H32Cl2N2O3/c1-4-20(2)32-29(35)27(16-21-8-6-5-7-9-21)33(19-23-12-13-24(30)18-26(23)31)28(34)17-22-10-14-25(36-3)15-11-22/h5-15,18,20,27H,4,16-17,19H2,1-3H3,(H,32,35)/t20-,27-/m1/s1. The number of rotatable bonds is 11. The number of carbonyl (C=O) groups is 2. The molecule has 0 aromatic heterocycles. The van der Waals surface area contributed by atoms with Gasteiger partial charge in [-0.05, 0) is 54.3 Å². The van der Waals surface area contributed by atoms with Crippen molar-refractivity contribution in [3.05, 3.63) is 99.5 Å². The molecule has 0 aliphatic rings. The highest BCUT2D eigenvalue weighted by Gasteiger charge is 2.31. The summed E-state index contributed by atoms with van der Waals surface area (Å²) >= 11 is 12.6. The minimum Gasteiger partial charge on any atom is -0.497 e. The number of methoxy groups -OCH3 is 1. The van der Waals surface area contributed by atoms with Gasteiger partial charge in [0.1, 0.15) is 11.8 Å². The molecule has 3 aromatic rings. The van der Waals surface area contributed by atoms with Crippen LogP contribution < -0.4 is 10.1 Å². The highest BCUT2D eigenvalue weighted by atomic mass is 35.5. The molecule has 0 aliphatic heterocycles. The van der Waals surface area contributed by atoms with E-state index in [1.165, 1.54) is 0 Å². The highest BCUT2D eigenvalue weighted by molar-refractivity contribution is 6.35. The molecule has 2 amide bonds. The molecule has 0 bridgehead atoms. The van der Waals surface area contributed by atoms with Crippen molar-refractivity contribution in [2.75, 3.05) is 7.11 Å². The Kier molecular flexibility index (Phi) is 10.2. The van der Waals surface area contributed by atoms with Gasteiger partial charge in [0.2, 0.25) is 11.8 Å². The van der Waals surface area contributed by atoms with Crippen LogP contribution in [0.4, 0.5) is 0 Å². The molecule has 3 aromatic carbocycles. The van der Waals surface area contributed by atoms with Crippen molar-refractivity contribution >= 4 is 35.0 Å². The molecular formula is C29H32Cl2N2O3. The molecular weight excluding hydrogens is 495 g/mol. The van der Waals surface area contributed by atoms with Crippen molar-refractivity contribution in [2.24, 2.45) is 0 Å². The van der Waals surface area contributed by atoms with E-state index in [-0.39, 0.29) is 30.8 Å². The van der Waals surface area contributed by atoms with Gasteiger partial charge >= 0.3 is 0 Å². The first-order valence-electron chi connectivity index (χ1n) is 12.0. The maximum Gasteiger partial charge on any atom is 0.243 e. The summed E-state index contributed by atoms with van der Waals surface area (Å²) in [5.74, 6) is 0.346. The number of nitrogens with zero attached hydrogens (tertiary/aromatic N) is 1. The third-order valence-corrected chi connectivity index (χ3v) is 6.73. The molecule has 36 heavy (non-hydrogen) atoms. The Hall–Kier alpha value is -3.02. The molecule has 0 unspecified atom stereocenters. The van der Waals surface area contributed by atoms with Gasteiger partial charge in [0.25, 0.3) is 0 Å². The fourth-order valence-electron chi connectivity index (χ4n) is 3.85. The number of halogens is 2. The van der Waals surface area contributed by atoms with Gasteiger partial charge in [0, 0.05) is 29.1 Å². The van der Waals surface area contributed by atoms with Crippen molar-refractivity contribution in [1.82, 2.24) is 10.2 Å². The fourth-order valence-corrected chi connectivity index (χ4v) is 4.32. The van der Waals surface area contributed by atoms with Gasteiger partial charge in [-0.3, -0.25) is 9.59 Å². The predicted molar refractivity (Wildman–Crippen MR) is 146 cm³/mol. The van der Waals surface area contributed by atoms with Crippen LogP contribution in [0.1, 0.15) is 37.0 Å². The number of amides is 2. The van der Waals surface area contributed by atoms with Gasteiger partial charge in [0.05, 0.1) is 13.5 Å². The summed E-state index contributed by atoms with van der Waals surface area (Å²) in [6.45, 7) is 4.14. The maximum atomic E-state index is 13.8. The Morgan fingerprint density at radius 2 is 1.67 bits per heavy atom. The number of nitrogens with one attached hydrogen (secondary N) is 1. The number of benzene rings is 3. The summed E-state index contributed by atoms with van der Waals surface area (Å²) in [7, 11) is 1.60. The summed E-state index contributed by atoms with van der Waals surface area (Å²) in [5, 5.41) is 4.03. The second-order valence-corrected chi connectivity index (χ2v) is 9.65. The Bertz CT molecular complexity index is 1150. The lowest BCUT2D eigenvalue weighted by Gasteiger charge is -2.32. The largest absolute Gasteiger partial charge is 0.497 e.